The molecule has 5 heteroatoms. The smallest absolute Gasteiger partial charge is 0.292 e. The van der Waals surface area contributed by atoms with Crippen molar-refractivity contribution in [1.82, 2.24) is 5.32 Å². The maximum absolute atomic E-state index is 11.2. The Balaban J connectivity index is 2.16. The van der Waals surface area contributed by atoms with Crippen LogP contribution in [0, 0.1) is 10.1 Å². The lowest BCUT2D eigenvalue weighted by molar-refractivity contribution is -0.384. The third-order valence-corrected chi connectivity index (χ3v) is 3.77. The molecule has 1 aliphatic rings. The van der Waals surface area contributed by atoms with Gasteiger partial charge in [-0.15, -0.1) is 0 Å². The molecular weight excluding hydrogens is 254 g/mol. The van der Waals surface area contributed by atoms with Crippen LogP contribution in [0.2, 0.25) is 0 Å². The zero-order chi connectivity index (χ0) is 14.4. The highest BCUT2D eigenvalue weighted by Crippen LogP contribution is 2.28. The van der Waals surface area contributed by atoms with E-state index < -0.39 is 0 Å². The number of nitrogens with one attached hydrogen (secondary N) is 1. The molecule has 0 radical (unpaired) electrons. The largest absolute Gasteiger partial charge is 0.364 e. The molecule has 0 amide bonds. The lowest BCUT2D eigenvalue weighted by Crippen LogP contribution is -2.44. The molecule has 110 valence electrons. The topological polar surface area (TPSA) is 58.4 Å². The summed E-state index contributed by atoms with van der Waals surface area (Å²) in [5, 5.41) is 14.7. The number of hydrogen-bond acceptors (Lipinski definition) is 4. The molecule has 1 fully saturated rings. The van der Waals surface area contributed by atoms with Gasteiger partial charge in [0, 0.05) is 25.2 Å². The van der Waals surface area contributed by atoms with Crippen LogP contribution in [0.4, 0.5) is 11.4 Å². The number of nitro benzene ring substituents is 1. The molecule has 0 bridgehead atoms. The predicted molar refractivity (Wildman–Crippen MR) is 81.2 cm³/mol. The first kappa shape index (κ1) is 14.8. The Morgan fingerprint density at radius 3 is 2.85 bits per heavy atom. The predicted octanol–water partition coefficient (Wildman–Crippen LogP) is 2.95. The van der Waals surface area contributed by atoms with Crippen LogP contribution in [0.5, 0.6) is 0 Å². The van der Waals surface area contributed by atoms with Crippen molar-refractivity contribution in [2.24, 2.45) is 0 Å². The van der Waals surface area contributed by atoms with Crippen LogP contribution < -0.4 is 10.2 Å². The van der Waals surface area contributed by atoms with Crippen molar-refractivity contribution in [1.29, 1.82) is 0 Å². The minimum Gasteiger partial charge on any atom is -0.364 e. The summed E-state index contributed by atoms with van der Waals surface area (Å²) in [5.74, 6) is 0. The van der Waals surface area contributed by atoms with Crippen molar-refractivity contribution in [3.05, 3.63) is 34.4 Å². The Morgan fingerprint density at radius 1 is 1.40 bits per heavy atom. The van der Waals surface area contributed by atoms with Gasteiger partial charge in [-0.1, -0.05) is 25.5 Å². The van der Waals surface area contributed by atoms with Gasteiger partial charge in [0.15, 0.2) is 0 Å². The fourth-order valence-electron chi connectivity index (χ4n) is 2.81. The van der Waals surface area contributed by atoms with Gasteiger partial charge in [0.2, 0.25) is 0 Å². The fourth-order valence-corrected chi connectivity index (χ4v) is 2.81. The van der Waals surface area contributed by atoms with E-state index in [1.54, 1.807) is 12.1 Å². The highest BCUT2D eigenvalue weighted by atomic mass is 16.6. The van der Waals surface area contributed by atoms with Gasteiger partial charge in [-0.3, -0.25) is 10.1 Å². The number of piperidine rings is 1. The van der Waals surface area contributed by atoms with Gasteiger partial charge >= 0.3 is 0 Å². The van der Waals surface area contributed by atoms with Crippen LogP contribution in [0.3, 0.4) is 0 Å². The molecule has 1 unspecified atom stereocenters. The third-order valence-electron chi connectivity index (χ3n) is 3.77. The van der Waals surface area contributed by atoms with E-state index in [4.69, 9.17) is 0 Å². The number of hydrogen-bond donors (Lipinski definition) is 1. The van der Waals surface area contributed by atoms with E-state index in [1.165, 1.54) is 12.8 Å². The van der Waals surface area contributed by atoms with E-state index in [0.29, 0.717) is 6.04 Å². The van der Waals surface area contributed by atoms with Crippen molar-refractivity contribution in [2.45, 2.75) is 38.6 Å². The first-order valence-electron chi connectivity index (χ1n) is 7.44. The number of nitro groups is 1. The van der Waals surface area contributed by atoms with Crippen LogP contribution in [-0.4, -0.2) is 30.6 Å². The lowest BCUT2D eigenvalue weighted by atomic mass is 10.0. The molecule has 1 aliphatic heterocycles. The molecular formula is C15H23N3O2. The number of nitrogens with zero attached hydrogens (tertiary/aromatic N) is 2. The second kappa shape index (κ2) is 7.24. The molecule has 2 rings (SSSR count). The Labute approximate surface area is 120 Å². The summed E-state index contributed by atoms with van der Waals surface area (Å²) in [4.78, 5) is 13.1. The zero-order valence-electron chi connectivity index (χ0n) is 12.0. The SMILES string of the molecule is CCCN(CC1CCCCN1)c1ccccc1[N+](=O)[O-]. The van der Waals surface area contributed by atoms with Crippen molar-refractivity contribution < 1.29 is 4.92 Å². The molecule has 0 aliphatic carbocycles. The summed E-state index contributed by atoms with van der Waals surface area (Å²) >= 11 is 0. The zero-order valence-corrected chi connectivity index (χ0v) is 12.0. The molecule has 1 aromatic rings. The van der Waals surface area contributed by atoms with Gasteiger partial charge in [0.25, 0.3) is 5.69 Å². The average molecular weight is 277 g/mol. The third kappa shape index (κ3) is 3.70. The number of rotatable bonds is 6. The Morgan fingerprint density at radius 2 is 2.20 bits per heavy atom. The molecule has 0 saturated carbocycles. The van der Waals surface area contributed by atoms with Crippen LogP contribution >= 0.6 is 0 Å². The Hall–Kier alpha value is -1.62. The number of anilines is 1. The lowest BCUT2D eigenvalue weighted by Gasteiger charge is -2.31. The van der Waals surface area contributed by atoms with Gasteiger partial charge in [-0.25, -0.2) is 0 Å². The summed E-state index contributed by atoms with van der Waals surface area (Å²) < 4.78 is 0. The maximum Gasteiger partial charge on any atom is 0.292 e. The standard InChI is InChI=1S/C15H23N3O2/c1-2-11-17(12-13-7-5-6-10-16-13)14-8-3-4-9-15(14)18(19)20/h3-4,8-9,13,16H,2,5-7,10-12H2,1H3. The highest BCUT2D eigenvalue weighted by molar-refractivity contribution is 5.63. The normalized spacial score (nSPS) is 18.8. The van der Waals surface area contributed by atoms with Crippen molar-refractivity contribution in [2.75, 3.05) is 24.5 Å². The van der Waals surface area contributed by atoms with E-state index in [2.05, 4.69) is 17.1 Å². The molecule has 0 spiro atoms. The van der Waals surface area contributed by atoms with Crippen molar-refractivity contribution in [3.63, 3.8) is 0 Å². The molecule has 1 aromatic carbocycles. The fraction of sp³-hybridized carbons (Fsp3) is 0.600. The molecule has 1 heterocycles. The monoisotopic (exact) mass is 277 g/mol. The Kier molecular flexibility index (Phi) is 5.35. The van der Waals surface area contributed by atoms with Gasteiger partial charge in [0.05, 0.1) is 4.92 Å². The number of benzene rings is 1. The molecule has 1 N–H and O–H groups in total. The van der Waals surface area contributed by atoms with Gasteiger partial charge in [-0.2, -0.15) is 0 Å². The molecule has 1 saturated heterocycles. The molecule has 0 aromatic heterocycles. The van der Waals surface area contributed by atoms with Gasteiger partial charge < -0.3 is 10.2 Å². The minimum absolute atomic E-state index is 0.205. The average Bonchev–Trinajstić information content (AvgIpc) is 2.48. The van der Waals surface area contributed by atoms with Crippen molar-refractivity contribution in [3.8, 4) is 0 Å². The first-order chi connectivity index (χ1) is 9.72. The second-order valence-corrected chi connectivity index (χ2v) is 5.34. The van der Waals surface area contributed by atoms with Crippen LogP contribution in [0.15, 0.2) is 24.3 Å². The van der Waals surface area contributed by atoms with Gasteiger partial charge in [0.1, 0.15) is 5.69 Å². The summed E-state index contributed by atoms with van der Waals surface area (Å²) in [6.45, 7) is 4.86. The number of para-hydroxylation sites is 2. The van der Waals surface area contributed by atoms with E-state index >= 15 is 0 Å². The van der Waals surface area contributed by atoms with E-state index in [9.17, 15) is 10.1 Å². The summed E-state index contributed by atoms with van der Waals surface area (Å²) in [5.41, 5.74) is 0.948. The van der Waals surface area contributed by atoms with E-state index in [0.717, 1.165) is 38.2 Å². The van der Waals surface area contributed by atoms with Crippen molar-refractivity contribution >= 4 is 11.4 Å². The minimum atomic E-state index is -0.285. The molecule has 20 heavy (non-hydrogen) atoms. The van der Waals surface area contributed by atoms with Crippen LogP contribution in [0.25, 0.3) is 0 Å². The quantitative estimate of drug-likeness (QED) is 0.641. The van der Waals surface area contributed by atoms with E-state index in [-0.39, 0.29) is 10.6 Å². The first-order valence-corrected chi connectivity index (χ1v) is 7.44. The second-order valence-electron chi connectivity index (χ2n) is 5.34. The van der Waals surface area contributed by atoms with Crippen LogP contribution in [-0.2, 0) is 0 Å². The summed E-state index contributed by atoms with van der Waals surface area (Å²) in [6.07, 6.45) is 4.61. The molecule has 5 nitrogen and oxygen atoms in total. The van der Waals surface area contributed by atoms with Gasteiger partial charge in [-0.05, 0) is 31.9 Å². The van der Waals surface area contributed by atoms with Crippen LogP contribution in [0.1, 0.15) is 32.6 Å². The Bertz CT molecular complexity index is 444. The summed E-state index contributed by atoms with van der Waals surface area (Å²) in [7, 11) is 0. The summed E-state index contributed by atoms with van der Waals surface area (Å²) in [6, 6.07) is 7.49. The van der Waals surface area contributed by atoms with E-state index in [1.807, 2.05) is 12.1 Å². The highest BCUT2D eigenvalue weighted by Gasteiger charge is 2.22. The maximum atomic E-state index is 11.2. The molecule has 1 atom stereocenters.